The predicted octanol–water partition coefficient (Wildman–Crippen LogP) is 2.95. The fourth-order valence-corrected chi connectivity index (χ4v) is 2.94. The minimum Gasteiger partial charge on any atom is -0.385 e. The normalized spacial score (nSPS) is 11.9. The van der Waals surface area contributed by atoms with Gasteiger partial charge < -0.3 is 15.4 Å². The van der Waals surface area contributed by atoms with E-state index in [1.165, 1.54) is 5.56 Å². The van der Waals surface area contributed by atoms with Crippen molar-refractivity contribution in [3.63, 3.8) is 0 Å². The Morgan fingerprint density at radius 2 is 1.76 bits per heavy atom. The zero-order chi connectivity index (χ0) is 21.1. The molecule has 2 aromatic carbocycles. The van der Waals surface area contributed by atoms with E-state index in [2.05, 4.69) is 10.6 Å². The second-order valence-corrected chi connectivity index (χ2v) is 7.03. The average Bonchev–Trinajstić information content (AvgIpc) is 2.74. The average molecular weight is 398 g/mol. The summed E-state index contributed by atoms with van der Waals surface area (Å²) in [6, 6.07) is 16.8. The Labute approximate surface area is 173 Å². The van der Waals surface area contributed by atoms with E-state index in [1.54, 1.807) is 25.3 Å². The van der Waals surface area contributed by atoms with Crippen molar-refractivity contribution in [2.24, 2.45) is 0 Å². The van der Waals surface area contributed by atoms with Gasteiger partial charge in [-0.1, -0.05) is 42.5 Å². The summed E-state index contributed by atoms with van der Waals surface area (Å²) < 4.78 is 5.06. The summed E-state index contributed by atoms with van der Waals surface area (Å²) in [4.78, 5) is 27.2. The molecule has 2 aromatic rings. The number of rotatable bonds is 11. The maximum atomic E-state index is 12.6. The van der Waals surface area contributed by atoms with E-state index in [4.69, 9.17) is 4.74 Å². The van der Waals surface area contributed by atoms with Crippen LogP contribution in [-0.2, 0) is 16.0 Å². The van der Waals surface area contributed by atoms with Gasteiger partial charge in [-0.05, 0) is 44.5 Å². The third kappa shape index (κ3) is 7.33. The number of carbonyl (C=O) groups excluding carboxylic acids is 2. The van der Waals surface area contributed by atoms with Crippen LogP contribution in [0.4, 0.5) is 5.69 Å². The molecule has 6 heteroatoms. The summed E-state index contributed by atoms with van der Waals surface area (Å²) in [5, 5.41) is 5.83. The number of benzene rings is 2. The van der Waals surface area contributed by atoms with Gasteiger partial charge in [0.1, 0.15) is 0 Å². The number of amides is 2. The molecule has 0 bridgehead atoms. The first-order valence-electron chi connectivity index (χ1n) is 9.94. The predicted molar refractivity (Wildman–Crippen MR) is 116 cm³/mol. The van der Waals surface area contributed by atoms with E-state index in [9.17, 15) is 9.59 Å². The van der Waals surface area contributed by atoms with Crippen molar-refractivity contribution in [1.29, 1.82) is 0 Å². The zero-order valence-corrected chi connectivity index (χ0v) is 17.5. The smallest absolute Gasteiger partial charge is 0.253 e. The summed E-state index contributed by atoms with van der Waals surface area (Å²) in [6.07, 6.45) is 1.61. The number of nitrogens with one attached hydrogen (secondary N) is 2. The maximum Gasteiger partial charge on any atom is 0.253 e. The first-order valence-corrected chi connectivity index (χ1v) is 9.94. The van der Waals surface area contributed by atoms with E-state index in [-0.39, 0.29) is 17.9 Å². The molecule has 0 aliphatic rings. The molecule has 6 nitrogen and oxygen atoms in total. The van der Waals surface area contributed by atoms with Crippen molar-refractivity contribution in [1.82, 2.24) is 10.2 Å². The van der Waals surface area contributed by atoms with Crippen LogP contribution < -0.4 is 10.6 Å². The van der Waals surface area contributed by atoms with Gasteiger partial charge in [0.2, 0.25) is 5.91 Å². The van der Waals surface area contributed by atoms with Crippen LogP contribution in [0, 0.1) is 0 Å². The lowest BCUT2D eigenvalue weighted by Crippen LogP contribution is -2.40. The van der Waals surface area contributed by atoms with Crippen LogP contribution in [-0.4, -0.2) is 56.6 Å². The fraction of sp³-hybridized carbons (Fsp3) is 0.391. The van der Waals surface area contributed by atoms with Crippen molar-refractivity contribution < 1.29 is 14.3 Å². The number of likely N-dealkylation sites (N-methyl/N-ethyl adjacent to an activating group) is 1. The number of hydrogen-bond acceptors (Lipinski definition) is 4. The topological polar surface area (TPSA) is 70.7 Å². The molecule has 29 heavy (non-hydrogen) atoms. The Hall–Kier alpha value is -2.70. The van der Waals surface area contributed by atoms with Crippen molar-refractivity contribution in [2.45, 2.75) is 25.8 Å². The van der Waals surface area contributed by atoms with Crippen LogP contribution in [0.1, 0.15) is 29.3 Å². The van der Waals surface area contributed by atoms with Gasteiger partial charge in [0, 0.05) is 26.8 Å². The standard InChI is InChI=1S/C23H31N3O3/c1-18(26(2)16-9-17-29-3)22(27)25-21-13-8-7-12-20(21)23(28)24-15-14-19-10-5-4-6-11-19/h4-8,10-13,18H,9,14-17H2,1-3H3,(H,24,28)(H,25,27). The largest absolute Gasteiger partial charge is 0.385 e. The number of para-hydroxylation sites is 1. The minimum atomic E-state index is -0.318. The number of nitrogens with zero attached hydrogens (tertiary/aromatic N) is 1. The lowest BCUT2D eigenvalue weighted by molar-refractivity contribution is -0.120. The molecule has 0 saturated heterocycles. The van der Waals surface area contributed by atoms with Gasteiger partial charge in [0.25, 0.3) is 5.91 Å². The summed E-state index contributed by atoms with van der Waals surface area (Å²) in [5.74, 6) is -0.340. The lowest BCUT2D eigenvalue weighted by atomic mass is 10.1. The molecule has 1 unspecified atom stereocenters. The van der Waals surface area contributed by atoms with E-state index in [0.29, 0.717) is 24.4 Å². The SMILES string of the molecule is COCCCN(C)C(C)C(=O)Nc1ccccc1C(=O)NCCc1ccccc1. The molecule has 0 radical (unpaired) electrons. The molecule has 2 N–H and O–H groups in total. The van der Waals surface area contributed by atoms with E-state index < -0.39 is 0 Å². The second kappa shape index (κ2) is 12.0. The number of methoxy groups -OCH3 is 1. The molecule has 0 saturated carbocycles. The third-order valence-electron chi connectivity index (χ3n) is 4.87. The highest BCUT2D eigenvalue weighted by atomic mass is 16.5. The number of carbonyl (C=O) groups is 2. The van der Waals surface area contributed by atoms with Gasteiger partial charge in [0.05, 0.1) is 17.3 Å². The van der Waals surface area contributed by atoms with Crippen molar-refractivity contribution >= 4 is 17.5 Å². The molecule has 156 valence electrons. The Bertz CT molecular complexity index is 780. The molecular formula is C23H31N3O3. The van der Waals surface area contributed by atoms with Crippen LogP contribution in [0.5, 0.6) is 0 Å². The highest BCUT2D eigenvalue weighted by Gasteiger charge is 2.20. The van der Waals surface area contributed by atoms with Crippen LogP contribution in [0.25, 0.3) is 0 Å². The number of ether oxygens (including phenoxy) is 1. The Balaban J connectivity index is 1.93. The molecule has 0 spiro atoms. The van der Waals surface area contributed by atoms with Crippen molar-refractivity contribution in [3.8, 4) is 0 Å². The van der Waals surface area contributed by atoms with Crippen LogP contribution in [0.3, 0.4) is 0 Å². The van der Waals surface area contributed by atoms with Crippen molar-refractivity contribution in [2.75, 3.05) is 39.2 Å². The molecule has 2 amide bonds. The molecule has 0 heterocycles. The highest BCUT2D eigenvalue weighted by molar-refractivity contribution is 6.04. The van der Waals surface area contributed by atoms with Crippen LogP contribution in [0.15, 0.2) is 54.6 Å². The van der Waals surface area contributed by atoms with Gasteiger partial charge >= 0.3 is 0 Å². The first kappa shape index (κ1) is 22.6. The lowest BCUT2D eigenvalue weighted by Gasteiger charge is -2.24. The molecule has 0 fully saturated rings. The summed E-state index contributed by atoms with van der Waals surface area (Å²) >= 11 is 0. The quantitative estimate of drug-likeness (QED) is 0.572. The Morgan fingerprint density at radius 3 is 2.48 bits per heavy atom. The van der Waals surface area contributed by atoms with Crippen LogP contribution in [0.2, 0.25) is 0 Å². The summed E-state index contributed by atoms with van der Waals surface area (Å²) in [6.45, 7) is 3.79. The summed E-state index contributed by atoms with van der Waals surface area (Å²) in [7, 11) is 3.57. The van der Waals surface area contributed by atoms with Gasteiger partial charge in [-0.25, -0.2) is 0 Å². The fourth-order valence-electron chi connectivity index (χ4n) is 2.94. The van der Waals surface area contributed by atoms with Crippen molar-refractivity contribution in [3.05, 3.63) is 65.7 Å². The molecule has 2 rings (SSSR count). The minimum absolute atomic E-state index is 0.144. The first-order chi connectivity index (χ1) is 14.0. The molecule has 0 aliphatic carbocycles. The Kier molecular flexibility index (Phi) is 9.34. The van der Waals surface area contributed by atoms with Crippen LogP contribution >= 0.6 is 0 Å². The second-order valence-electron chi connectivity index (χ2n) is 7.03. The van der Waals surface area contributed by atoms with E-state index in [0.717, 1.165) is 19.4 Å². The molecule has 0 aliphatic heterocycles. The van der Waals surface area contributed by atoms with Gasteiger partial charge in [0.15, 0.2) is 0 Å². The highest BCUT2D eigenvalue weighted by Crippen LogP contribution is 2.16. The molecule has 0 aromatic heterocycles. The molecule has 1 atom stereocenters. The van der Waals surface area contributed by atoms with Gasteiger partial charge in [-0.3, -0.25) is 14.5 Å². The number of hydrogen-bond donors (Lipinski definition) is 2. The van der Waals surface area contributed by atoms with Gasteiger partial charge in [-0.15, -0.1) is 0 Å². The van der Waals surface area contributed by atoms with Gasteiger partial charge in [-0.2, -0.15) is 0 Å². The summed E-state index contributed by atoms with van der Waals surface area (Å²) in [5.41, 5.74) is 2.15. The maximum absolute atomic E-state index is 12.6. The van der Waals surface area contributed by atoms with E-state index >= 15 is 0 Å². The zero-order valence-electron chi connectivity index (χ0n) is 17.5. The Morgan fingerprint density at radius 1 is 1.07 bits per heavy atom. The number of anilines is 1. The molecular weight excluding hydrogens is 366 g/mol. The third-order valence-corrected chi connectivity index (χ3v) is 4.87. The monoisotopic (exact) mass is 397 g/mol. The van der Waals surface area contributed by atoms with E-state index in [1.807, 2.05) is 55.3 Å².